The summed E-state index contributed by atoms with van der Waals surface area (Å²) < 4.78 is 12.7. The van der Waals surface area contributed by atoms with Crippen LogP contribution in [0.1, 0.15) is 15.9 Å². The molecule has 0 aromatic heterocycles. The third kappa shape index (κ3) is 2.74. The SMILES string of the molecule is CSc1ccc(C(=O)c2ccc(F)cc2)cc1. The molecule has 0 fully saturated rings. The summed E-state index contributed by atoms with van der Waals surface area (Å²) >= 11 is 1.63. The quantitative estimate of drug-likeness (QED) is 0.605. The molecule has 3 heteroatoms. The van der Waals surface area contributed by atoms with E-state index in [1.54, 1.807) is 23.9 Å². The minimum absolute atomic E-state index is 0.0855. The Labute approximate surface area is 104 Å². The average Bonchev–Trinajstić information content (AvgIpc) is 2.39. The van der Waals surface area contributed by atoms with E-state index in [1.165, 1.54) is 24.3 Å². The molecule has 0 radical (unpaired) electrons. The van der Waals surface area contributed by atoms with Crippen molar-refractivity contribution in [2.75, 3.05) is 6.26 Å². The van der Waals surface area contributed by atoms with Crippen molar-refractivity contribution in [1.82, 2.24) is 0 Å². The van der Waals surface area contributed by atoms with E-state index in [0.29, 0.717) is 11.1 Å². The van der Waals surface area contributed by atoms with Gasteiger partial charge in [-0.3, -0.25) is 4.79 Å². The molecule has 0 heterocycles. The predicted octanol–water partition coefficient (Wildman–Crippen LogP) is 3.78. The highest BCUT2D eigenvalue weighted by atomic mass is 32.2. The first-order valence-electron chi connectivity index (χ1n) is 5.15. The second kappa shape index (κ2) is 5.15. The maximum Gasteiger partial charge on any atom is 0.193 e. The van der Waals surface area contributed by atoms with E-state index in [4.69, 9.17) is 0 Å². The smallest absolute Gasteiger partial charge is 0.193 e. The van der Waals surface area contributed by atoms with Crippen molar-refractivity contribution in [2.45, 2.75) is 4.90 Å². The summed E-state index contributed by atoms with van der Waals surface area (Å²) in [6, 6.07) is 13.0. The number of ketones is 1. The minimum Gasteiger partial charge on any atom is -0.289 e. The summed E-state index contributed by atoms with van der Waals surface area (Å²) in [5.41, 5.74) is 1.12. The molecule has 0 unspecified atom stereocenters. The lowest BCUT2D eigenvalue weighted by Gasteiger charge is -2.02. The highest BCUT2D eigenvalue weighted by Gasteiger charge is 2.08. The van der Waals surface area contributed by atoms with Crippen LogP contribution in [0.4, 0.5) is 4.39 Å². The summed E-state index contributed by atoms with van der Waals surface area (Å²) in [6.45, 7) is 0. The summed E-state index contributed by atoms with van der Waals surface area (Å²) in [4.78, 5) is 13.1. The molecule has 0 aliphatic rings. The van der Waals surface area contributed by atoms with Crippen LogP contribution in [0.15, 0.2) is 53.4 Å². The lowest BCUT2D eigenvalue weighted by Crippen LogP contribution is -2.00. The zero-order chi connectivity index (χ0) is 12.3. The Balaban J connectivity index is 2.27. The Morgan fingerprint density at radius 3 is 1.88 bits per heavy atom. The van der Waals surface area contributed by atoms with Gasteiger partial charge in [0.1, 0.15) is 5.82 Å². The van der Waals surface area contributed by atoms with Crippen LogP contribution < -0.4 is 0 Å². The zero-order valence-electron chi connectivity index (χ0n) is 9.31. The van der Waals surface area contributed by atoms with E-state index in [0.717, 1.165) is 4.90 Å². The molecule has 0 N–H and O–H groups in total. The van der Waals surface area contributed by atoms with Crippen LogP contribution in [0.5, 0.6) is 0 Å². The fourth-order valence-corrected chi connectivity index (χ4v) is 1.92. The molecule has 2 aromatic rings. The molecule has 0 aliphatic heterocycles. The zero-order valence-corrected chi connectivity index (χ0v) is 10.1. The number of thioether (sulfide) groups is 1. The third-order valence-electron chi connectivity index (χ3n) is 2.46. The molecule has 0 spiro atoms. The van der Waals surface area contributed by atoms with Crippen molar-refractivity contribution in [2.24, 2.45) is 0 Å². The van der Waals surface area contributed by atoms with Crippen LogP contribution in [-0.2, 0) is 0 Å². The molecule has 0 atom stereocenters. The van der Waals surface area contributed by atoms with Crippen molar-refractivity contribution in [3.8, 4) is 0 Å². The van der Waals surface area contributed by atoms with Crippen LogP contribution >= 0.6 is 11.8 Å². The summed E-state index contributed by atoms with van der Waals surface area (Å²) in [6.07, 6.45) is 1.98. The molecule has 0 amide bonds. The molecule has 2 rings (SSSR count). The summed E-state index contributed by atoms with van der Waals surface area (Å²) in [5.74, 6) is -0.420. The van der Waals surface area contributed by atoms with Crippen LogP contribution in [0.25, 0.3) is 0 Å². The molecular formula is C14H11FOS. The van der Waals surface area contributed by atoms with Gasteiger partial charge in [-0.1, -0.05) is 0 Å². The van der Waals surface area contributed by atoms with E-state index >= 15 is 0 Å². The second-order valence-electron chi connectivity index (χ2n) is 3.56. The number of hydrogen-bond donors (Lipinski definition) is 0. The van der Waals surface area contributed by atoms with Gasteiger partial charge in [0.25, 0.3) is 0 Å². The first-order valence-corrected chi connectivity index (χ1v) is 6.37. The maximum atomic E-state index is 12.7. The van der Waals surface area contributed by atoms with Crippen LogP contribution in [-0.4, -0.2) is 12.0 Å². The van der Waals surface area contributed by atoms with Gasteiger partial charge in [-0.15, -0.1) is 11.8 Å². The number of halogens is 1. The van der Waals surface area contributed by atoms with Gasteiger partial charge < -0.3 is 0 Å². The Bertz CT molecular complexity index is 517. The molecule has 0 saturated heterocycles. The maximum absolute atomic E-state index is 12.7. The minimum atomic E-state index is -0.334. The van der Waals surface area contributed by atoms with Crippen LogP contribution in [0, 0.1) is 5.82 Å². The molecule has 0 bridgehead atoms. The van der Waals surface area contributed by atoms with Gasteiger partial charge in [0.15, 0.2) is 5.78 Å². The lowest BCUT2D eigenvalue weighted by molar-refractivity contribution is 0.103. The molecule has 0 saturated carbocycles. The topological polar surface area (TPSA) is 17.1 Å². The first kappa shape index (κ1) is 11.9. The Hall–Kier alpha value is -1.61. The van der Waals surface area contributed by atoms with E-state index < -0.39 is 0 Å². The first-order chi connectivity index (χ1) is 8.20. The van der Waals surface area contributed by atoms with Gasteiger partial charge in [-0.05, 0) is 54.8 Å². The summed E-state index contributed by atoms with van der Waals surface area (Å²) in [5, 5.41) is 0. The number of benzene rings is 2. The van der Waals surface area contributed by atoms with Gasteiger partial charge >= 0.3 is 0 Å². The van der Waals surface area contributed by atoms with Crippen molar-refractivity contribution in [1.29, 1.82) is 0 Å². The molecular weight excluding hydrogens is 235 g/mol. The van der Waals surface area contributed by atoms with Gasteiger partial charge in [-0.25, -0.2) is 4.39 Å². The number of rotatable bonds is 3. The number of hydrogen-bond acceptors (Lipinski definition) is 2. The van der Waals surface area contributed by atoms with E-state index in [-0.39, 0.29) is 11.6 Å². The standard InChI is InChI=1S/C14H11FOS/c1-17-13-8-4-11(5-9-13)14(16)10-2-6-12(15)7-3-10/h2-9H,1H3. The van der Waals surface area contributed by atoms with Gasteiger partial charge in [0.2, 0.25) is 0 Å². The summed E-state index contributed by atoms with van der Waals surface area (Å²) in [7, 11) is 0. The fraction of sp³-hybridized carbons (Fsp3) is 0.0714. The van der Waals surface area contributed by atoms with Crippen molar-refractivity contribution in [3.05, 3.63) is 65.5 Å². The Morgan fingerprint density at radius 2 is 1.41 bits per heavy atom. The second-order valence-corrected chi connectivity index (χ2v) is 4.44. The molecule has 86 valence electrons. The van der Waals surface area contributed by atoms with E-state index in [1.807, 2.05) is 18.4 Å². The number of carbonyl (C=O) groups excluding carboxylic acids is 1. The lowest BCUT2D eigenvalue weighted by atomic mass is 10.0. The molecule has 1 nitrogen and oxygen atoms in total. The normalized spacial score (nSPS) is 10.2. The predicted molar refractivity (Wildman–Crippen MR) is 68.1 cm³/mol. The third-order valence-corrected chi connectivity index (χ3v) is 3.20. The van der Waals surface area contributed by atoms with Gasteiger partial charge in [0.05, 0.1) is 0 Å². The Morgan fingerprint density at radius 1 is 0.941 bits per heavy atom. The van der Waals surface area contributed by atoms with Crippen LogP contribution in [0.2, 0.25) is 0 Å². The van der Waals surface area contributed by atoms with Gasteiger partial charge in [-0.2, -0.15) is 0 Å². The van der Waals surface area contributed by atoms with Crippen molar-refractivity contribution in [3.63, 3.8) is 0 Å². The monoisotopic (exact) mass is 246 g/mol. The largest absolute Gasteiger partial charge is 0.289 e. The highest BCUT2D eigenvalue weighted by Crippen LogP contribution is 2.17. The van der Waals surface area contributed by atoms with Crippen molar-refractivity contribution >= 4 is 17.5 Å². The van der Waals surface area contributed by atoms with Gasteiger partial charge in [0, 0.05) is 16.0 Å². The highest BCUT2D eigenvalue weighted by molar-refractivity contribution is 7.98. The number of carbonyl (C=O) groups is 1. The average molecular weight is 246 g/mol. The molecule has 17 heavy (non-hydrogen) atoms. The van der Waals surface area contributed by atoms with E-state index in [2.05, 4.69) is 0 Å². The Kier molecular flexibility index (Phi) is 3.59. The molecule has 2 aromatic carbocycles. The van der Waals surface area contributed by atoms with Crippen LogP contribution in [0.3, 0.4) is 0 Å². The van der Waals surface area contributed by atoms with Crippen molar-refractivity contribution < 1.29 is 9.18 Å². The fourth-order valence-electron chi connectivity index (χ4n) is 1.51. The molecule has 0 aliphatic carbocycles. The van der Waals surface area contributed by atoms with E-state index in [9.17, 15) is 9.18 Å².